The van der Waals surface area contributed by atoms with E-state index in [4.69, 9.17) is 57.6 Å². The fraction of sp³-hybridized carbons (Fsp3) is 1.00. The van der Waals surface area contributed by atoms with Gasteiger partial charge in [0.05, 0.1) is 142 Å². The van der Waals surface area contributed by atoms with Crippen molar-refractivity contribution in [2.45, 2.75) is 78.2 Å². The lowest BCUT2D eigenvalue weighted by atomic mass is 10.3. The average molecular weight is 619 g/mol. The summed E-state index contributed by atoms with van der Waals surface area (Å²) >= 11 is 0. The van der Waals surface area contributed by atoms with Crippen molar-refractivity contribution in [3.8, 4) is 0 Å². The van der Waals surface area contributed by atoms with Crippen LogP contribution >= 0.6 is 0 Å². The molecule has 0 aromatic carbocycles. The van der Waals surface area contributed by atoms with Crippen molar-refractivity contribution in [3.05, 3.63) is 0 Å². The quantitative estimate of drug-likeness (QED) is 0.0985. The highest BCUT2D eigenvalue weighted by molar-refractivity contribution is 4.58. The zero-order valence-corrected chi connectivity index (χ0v) is 27.2. The summed E-state index contributed by atoms with van der Waals surface area (Å²) in [6.45, 7) is 18.3. The van der Waals surface area contributed by atoms with Gasteiger partial charge in [0.1, 0.15) is 0 Å². The van der Waals surface area contributed by atoms with E-state index in [0.29, 0.717) is 92.5 Å². The predicted molar refractivity (Wildman–Crippen MR) is 158 cm³/mol. The third kappa shape index (κ3) is 35.7. The highest BCUT2D eigenvalue weighted by Gasteiger charge is 2.12. The molecule has 256 valence electrons. The first-order valence-electron chi connectivity index (χ1n) is 14.9. The van der Waals surface area contributed by atoms with Gasteiger partial charge >= 0.3 is 0 Å². The highest BCUT2D eigenvalue weighted by Crippen LogP contribution is 2.03. The highest BCUT2D eigenvalue weighted by atomic mass is 16.6. The molecule has 0 heterocycles. The minimum atomic E-state index is -0.469. The first-order chi connectivity index (χ1) is 20.2. The number of aliphatic hydroxyl groups is 3. The van der Waals surface area contributed by atoms with Gasteiger partial charge in [-0.15, -0.1) is 0 Å². The van der Waals surface area contributed by atoms with Crippen LogP contribution in [0.4, 0.5) is 0 Å². The molecule has 3 N–H and O–H groups in total. The summed E-state index contributed by atoms with van der Waals surface area (Å²) in [5.74, 6) is 0. The van der Waals surface area contributed by atoms with Crippen molar-refractivity contribution in [2.24, 2.45) is 0 Å². The SMILES string of the molecule is CC(O)COC(C)COC(C)COC(C)COC(C)COC(C)CO.COCCOCCOCCOCCOCCO. The number of hydrogen-bond donors (Lipinski definition) is 3. The summed E-state index contributed by atoms with van der Waals surface area (Å²) in [5, 5.41) is 26.5. The summed E-state index contributed by atoms with van der Waals surface area (Å²) in [6, 6.07) is 0. The van der Waals surface area contributed by atoms with E-state index in [1.54, 1.807) is 14.0 Å². The minimum Gasteiger partial charge on any atom is -0.394 e. The number of aliphatic hydroxyl groups excluding tert-OH is 3. The second kappa shape index (κ2) is 33.4. The van der Waals surface area contributed by atoms with Crippen molar-refractivity contribution in [1.82, 2.24) is 0 Å². The zero-order chi connectivity index (χ0) is 31.8. The lowest BCUT2D eigenvalue weighted by Crippen LogP contribution is -2.29. The third-order valence-electron chi connectivity index (χ3n) is 5.12. The van der Waals surface area contributed by atoms with Gasteiger partial charge in [0.2, 0.25) is 0 Å². The Balaban J connectivity index is 0. The standard InChI is InChI=1S/C18H38O7.C11H24O6/c1-13(20)8-21-15(3)10-23-17(5)12-25-18(6)11-24-16(4)9-22-14(2)7-19;1-13-4-5-15-8-9-17-11-10-16-7-6-14-3-2-12/h13-20H,7-12H2,1-6H3;12H,2-11H2,1H3. The van der Waals surface area contributed by atoms with Gasteiger partial charge in [-0.05, 0) is 41.5 Å². The lowest BCUT2D eigenvalue weighted by Gasteiger charge is -2.22. The molecule has 0 bridgehead atoms. The Morgan fingerprint density at radius 1 is 0.429 bits per heavy atom. The second-order valence-electron chi connectivity index (χ2n) is 9.92. The van der Waals surface area contributed by atoms with E-state index in [9.17, 15) is 5.11 Å². The average Bonchev–Trinajstić information content (AvgIpc) is 2.98. The van der Waals surface area contributed by atoms with Crippen molar-refractivity contribution < 1.29 is 62.7 Å². The van der Waals surface area contributed by atoms with Gasteiger partial charge in [-0.3, -0.25) is 0 Å². The molecule has 0 aliphatic heterocycles. The minimum absolute atomic E-state index is 0.00675. The summed E-state index contributed by atoms with van der Waals surface area (Å²) in [6.07, 6.45) is -0.868. The molecule has 6 unspecified atom stereocenters. The van der Waals surface area contributed by atoms with Crippen LogP contribution in [0, 0.1) is 0 Å². The third-order valence-corrected chi connectivity index (χ3v) is 5.12. The van der Waals surface area contributed by atoms with Crippen LogP contribution in [0.25, 0.3) is 0 Å². The zero-order valence-electron chi connectivity index (χ0n) is 27.2. The molecule has 0 saturated heterocycles. The van der Waals surface area contributed by atoms with E-state index in [1.165, 1.54) is 0 Å². The molecule has 0 rings (SSSR count). The van der Waals surface area contributed by atoms with Gasteiger partial charge < -0.3 is 62.7 Å². The molecule has 0 fully saturated rings. The van der Waals surface area contributed by atoms with Crippen molar-refractivity contribution >= 4 is 0 Å². The van der Waals surface area contributed by atoms with Crippen LogP contribution in [-0.4, -0.2) is 165 Å². The molecule has 6 atom stereocenters. The lowest BCUT2D eigenvalue weighted by molar-refractivity contribution is -0.100. The molecule has 13 heteroatoms. The van der Waals surface area contributed by atoms with Gasteiger partial charge in [-0.1, -0.05) is 0 Å². The molecular formula is C29H62O13. The molecule has 13 nitrogen and oxygen atoms in total. The molecular weight excluding hydrogens is 556 g/mol. The van der Waals surface area contributed by atoms with Crippen LogP contribution in [-0.2, 0) is 47.4 Å². The number of hydrogen-bond acceptors (Lipinski definition) is 13. The second-order valence-corrected chi connectivity index (χ2v) is 9.92. The monoisotopic (exact) mass is 618 g/mol. The molecule has 0 aromatic rings. The van der Waals surface area contributed by atoms with E-state index < -0.39 is 6.10 Å². The molecule has 0 aliphatic carbocycles. The number of rotatable bonds is 30. The Morgan fingerprint density at radius 3 is 1.05 bits per heavy atom. The Labute approximate surface area is 253 Å². The fourth-order valence-electron chi connectivity index (χ4n) is 2.72. The fourth-order valence-corrected chi connectivity index (χ4v) is 2.72. The maximum absolute atomic E-state index is 9.17. The van der Waals surface area contributed by atoms with Crippen molar-refractivity contribution in [1.29, 1.82) is 0 Å². The van der Waals surface area contributed by atoms with E-state index in [2.05, 4.69) is 0 Å². The largest absolute Gasteiger partial charge is 0.394 e. The molecule has 0 amide bonds. The molecule has 0 radical (unpaired) electrons. The van der Waals surface area contributed by atoms with Gasteiger partial charge in [-0.2, -0.15) is 0 Å². The maximum atomic E-state index is 9.17. The molecule has 42 heavy (non-hydrogen) atoms. The van der Waals surface area contributed by atoms with Gasteiger partial charge in [0.15, 0.2) is 0 Å². The molecule has 0 spiro atoms. The van der Waals surface area contributed by atoms with Crippen LogP contribution in [0.3, 0.4) is 0 Å². The molecule has 0 aromatic heterocycles. The van der Waals surface area contributed by atoms with Crippen LogP contribution in [0.1, 0.15) is 41.5 Å². The van der Waals surface area contributed by atoms with Crippen LogP contribution in [0.5, 0.6) is 0 Å². The van der Waals surface area contributed by atoms with Gasteiger partial charge in [0.25, 0.3) is 0 Å². The first-order valence-corrected chi connectivity index (χ1v) is 14.9. The van der Waals surface area contributed by atoms with Crippen molar-refractivity contribution in [3.63, 3.8) is 0 Å². The molecule has 0 saturated carbocycles. The van der Waals surface area contributed by atoms with E-state index in [0.717, 1.165) is 0 Å². The van der Waals surface area contributed by atoms with Crippen molar-refractivity contribution in [2.75, 3.05) is 113 Å². The summed E-state index contributed by atoms with van der Waals surface area (Å²) in [5.41, 5.74) is 0. The normalized spacial score (nSPS) is 15.9. The molecule has 0 aliphatic rings. The number of methoxy groups -OCH3 is 1. The summed E-state index contributed by atoms with van der Waals surface area (Å²) in [7, 11) is 1.64. The summed E-state index contributed by atoms with van der Waals surface area (Å²) in [4.78, 5) is 0. The van der Waals surface area contributed by atoms with Crippen LogP contribution < -0.4 is 0 Å². The van der Waals surface area contributed by atoms with E-state index >= 15 is 0 Å². The van der Waals surface area contributed by atoms with Crippen LogP contribution in [0.2, 0.25) is 0 Å². The van der Waals surface area contributed by atoms with Gasteiger partial charge in [0, 0.05) is 7.11 Å². The maximum Gasteiger partial charge on any atom is 0.0781 e. The predicted octanol–water partition coefficient (Wildman–Crippen LogP) is 1.08. The Bertz CT molecular complexity index is 502. The van der Waals surface area contributed by atoms with E-state index in [1.807, 2.05) is 34.6 Å². The Hall–Kier alpha value is -0.520. The Kier molecular flexibility index (Phi) is 34.7. The van der Waals surface area contributed by atoms with Crippen LogP contribution in [0.15, 0.2) is 0 Å². The van der Waals surface area contributed by atoms with E-state index in [-0.39, 0.29) is 43.7 Å². The smallest absolute Gasteiger partial charge is 0.0781 e. The first kappa shape index (κ1) is 43.6. The summed E-state index contributed by atoms with van der Waals surface area (Å²) < 4.78 is 53.5. The topological polar surface area (TPSA) is 153 Å². The van der Waals surface area contributed by atoms with Gasteiger partial charge in [-0.25, -0.2) is 0 Å². The number of ether oxygens (including phenoxy) is 10. The Morgan fingerprint density at radius 2 is 0.738 bits per heavy atom.